The van der Waals surface area contributed by atoms with Crippen LogP contribution >= 0.6 is 12.6 Å². The molecule has 1 amide bonds. The molecule has 0 aliphatic heterocycles. The number of hydrogen-bond acceptors (Lipinski definition) is 2. The molecule has 0 atom stereocenters. The first-order chi connectivity index (χ1) is 9.89. The number of amides is 1. The topological polar surface area (TPSA) is 29.1 Å². The van der Waals surface area contributed by atoms with E-state index in [9.17, 15) is 18.0 Å². The Kier molecular flexibility index (Phi) is 4.57. The third-order valence-electron chi connectivity index (χ3n) is 2.85. The van der Waals surface area contributed by atoms with Gasteiger partial charge >= 0.3 is 6.30 Å². The Morgan fingerprint density at radius 1 is 1.05 bits per heavy atom. The van der Waals surface area contributed by atoms with Crippen LogP contribution in [0.25, 0.3) is 11.1 Å². The van der Waals surface area contributed by atoms with Crippen molar-refractivity contribution in [3.05, 3.63) is 59.7 Å². The molecular weight excluding hydrogens is 299 g/mol. The van der Waals surface area contributed by atoms with E-state index in [-0.39, 0.29) is 5.56 Å². The van der Waals surface area contributed by atoms with Gasteiger partial charge in [0.1, 0.15) is 0 Å². The number of carbonyl (C=O) groups excluding carboxylic acids is 1. The highest BCUT2D eigenvalue weighted by Gasteiger charge is 2.30. The van der Waals surface area contributed by atoms with Crippen molar-refractivity contribution >= 4 is 18.5 Å². The maximum absolute atomic E-state index is 12.1. The molecule has 0 saturated heterocycles. The molecule has 0 spiro atoms. The molecule has 2 aromatic carbocycles. The van der Waals surface area contributed by atoms with Gasteiger partial charge in [0.05, 0.1) is 0 Å². The van der Waals surface area contributed by atoms with E-state index in [2.05, 4.69) is 12.6 Å². The minimum atomic E-state index is -4.73. The van der Waals surface area contributed by atoms with Crippen LogP contribution in [0.4, 0.5) is 13.2 Å². The molecule has 0 saturated carbocycles. The standard InChI is InChI=1S/C15H12F3NOS/c16-15(17,18)19-14(20)12-6-4-11(5-7-12)13-3-1-2-10(8-13)9-21/h1-8,21H,9H2,(H,19,20). The number of benzene rings is 2. The third-order valence-corrected chi connectivity index (χ3v) is 3.21. The van der Waals surface area contributed by atoms with Crippen LogP contribution in [0.1, 0.15) is 15.9 Å². The smallest absolute Gasteiger partial charge is 0.269 e. The Morgan fingerprint density at radius 2 is 1.71 bits per heavy atom. The number of hydrogen-bond donors (Lipinski definition) is 2. The minimum Gasteiger partial charge on any atom is -0.269 e. The fourth-order valence-corrected chi connectivity index (χ4v) is 2.06. The normalized spacial score (nSPS) is 11.2. The fraction of sp³-hybridized carbons (Fsp3) is 0.133. The number of nitrogens with one attached hydrogen (secondary N) is 1. The van der Waals surface area contributed by atoms with E-state index in [0.717, 1.165) is 22.0 Å². The van der Waals surface area contributed by atoms with E-state index in [1.165, 1.54) is 12.1 Å². The summed E-state index contributed by atoms with van der Waals surface area (Å²) < 4.78 is 36.2. The molecule has 0 fully saturated rings. The highest BCUT2D eigenvalue weighted by molar-refractivity contribution is 7.79. The number of thiol groups is 1. The van der Waals surface area contributed by atoms with Crippen molar-refractivity contribution in [2.24, 2.45) is 0 Å². The second-order valence-electron chi connectivity index (χ2n) is 4.39. The highest BCUT2D eigenvalue weighted by Crippen LogP contribution is 2.22. The van der Waals surface area contributed by atoms with Crippen molar-refractivity contribution in [2.75, 3.05) is 0 Å². The van der Waals surface area contributed by atoms with E-state index >= 15 is 0 Å². The van der Waals surface area contributed by atoms with Gasteiger partial charge in [-0.2, -0.15) is 25.8 Å². The van der Waals surface area contributed by atoms with Crippen LogP contribution in [-0.4, -0.2) is 12.2 Å². The van der Waals surface area contributed by atoms with Crippen molar-refractivity contribution in [1.82, 2.24) is 5.32 Å². The summed E-state index contributed by atoms with van der Waals surface area (Å²) in [5.74, 6) is -0.571. The van der Waals surface area contributed by atoms with Gasteiger partial charge in [0.25, 0.3) is 5.91 Å². The fourth-order valence-electron chi connectivity index (χ4n) is 1.86. The summed E-state index contributed by atoms with van der Waals surface area (Å²) in [4.78, 5) is 11.4. The average molecular weight is 311 g/mol. The maximum Gasteiger partial charge on any atom is 0.484 e. The number of rotatable bonds is 3. The zero-order valence-corrected chi connectivity index (χ0v) is 11.7. The summed E-state index contributed by atoms with van der Waals surface area (Å²) in [6, 6.07) is 13.6. The van der Waals surface area contributed by atoms with E-state index in [0.29, 0.717) is 5.75 Å². The van der Waals surface area contributed by atoms with Crippen LogP contribution in [0.2, 0.25) is 0 Å². The van der Waals surface area contributed by atoms with Gasteiger partial charge in [-0.15, -0.1) is 0 Å². The minimum absolute atomic E-state index is 0.0403. The number of carbonyl (C=O) groups is 1. The molecule has 0 radical (unpaired) electrons. The summed E-state index contributed by atoms with van der Waals surface area (Å²) >= 11 is 4.19. The Bertz CT molecular complexity index is 638. The second kappa shape index (κ2) is 6.22. The quantitative estimate of drug-likeness (QED) is 0.650. The number of halogens is 3. The molecule has 2 nitrogen and oxygen atoms in total. The van der Waals surface area contributed by atoms with Crippen LogP contribution in [0.5, 0.6) is 0 Å². The lowest BCUT2D eigenvalue weighted by Gasteiger charge is -2.09. The van der Waals surface area contributed by atoms with Crippen molar-refractivity contribution in [3.8, 4) is 11.1 Å². The van der Waals surface area contributed by atoms with Crippen molar-refractivity contribution in [2.45, 2.75) is 12.1 Å². The first-order valence-electron chi connectivity index (χ1n) is 6.08. The molecular formula is C15H12F3NOS. The molecule has 6 heteroatoms. The van der Waals surface area contributed by atoms with Crippen molar-refractivity contribution < 1.29 is 18.0 Å². The molecule has 2 rings (SSSR count). The summed E-state index contributed by atoms with van der Waals surface area (Å²) in [7, 11) is 0. The van der Waals surface area contributed by atoms with Crippen LogP contribution in [0, 0.1) is 0 Å². The summed E-state index contributed by atoms with van der Waals surface area (Å²) in [5, 5.41) is 0.964. The Balaban J connectivity index is 2.20. The first kappa shape index (κ1) is 15.4. The van der Waals surface area contributed by atoms with Gasteiger partial charge in [0, 0.05) is 11.3 Å². The maximum atomic E-state index is 12.1. The first-order valence-corrected chi connectivity index (χ1v) is 6.72. The lowest BCUT2D eigenvalue weighted by molar-refractivity contribution is -0.146. The van der Waals surface area contributed by atoms with Crippen LogP contribution in [0.15, 0.2) is 48.5 Å². The van der Waals surface area contributed by atoms with E-state index < -0.39 is 12.2 Å². The molecule has 0 heterocycles. The van der Waals surface area contributed by atoms with Gasteiger partial charge in [-0.25, -0.2) is 0 Å². The van der Waals surface area contributed by atoms with E-state index in [4.69, 9.17) is 0 Å². The van der Waals surface area contributed by atoms with Gasteiger partial charge in [0.2, 0.25) is 0 Å². The average Bonchev–Trinajstić information content (AvgIpc) is 2.46. The molecule has 0 bridgehead atoms. The molecule has 21 heavy (non-hydrogen) atoms. The predicted octanol–water partition coefficient (Wildman–Crippen LogP) is 4.03. The van der Waals surface area contributed by atoms with Crippen molar-refractivity contribution in [3.63, 3.8) is 0 Å². The number of alkyl halides is 3. The largest absolute Gasteiger partial charge is 0.484 e. The monoisotopic (exact) mass is 311 g/mol. The van der Waals surface area contributed by atoms with Gasteiger partial charge in [-0.3, -0.25) is 10.1 Å². The highest BCUT2D eigenvalue weighted by atomic mass is 32.1. The lowest BCUT2D eigenvalue weighted by Crippen LogP contribution is -2.37. The van der Waals surface area contributed by atoms with Gasteiger partial charge in [-0.05, 0) is 28.8 Å². The van der Waals surface area contributed by atoms with E-state index in [1.54, 1.807) is 12.1 Å². The van der Waals surface area contributed by atoms with Crippen molar-refractivity contribution in [1.29, 1.82) is 0 Å². The molecule has 1 N–H and O–H groups in total. The van der Waals surface area contributed by atoms with Gasteiger partial charge in [0.15, 0.2) is 0 Å². The lowest BCUT2D eigenvalue weighted by atomic mass is 10.0. The van der Waals surface area contributed by atoms with Crippen LogP contribution < -0.4 is 5.32 Å². The molecule has 2 aromatic rings. The van der Waals surface area contributed by atoms with Crippen LogP contribution in [-0.2, 0) is 5.75 Å². The zero-order valence-electron chi connectivity index (χ0n) is 10.8. The molecule has 0 aromatic heterocycles. The molecule has 0 aliphatic carbocycles. The second-order valence-corrected chi connectivity index (χ2v) is 4.70. The zero-order chi connectivity index (χ0) is 15.5. The van der Waals surface area contributed by atoms with Gasteiger partial charge < -0.3 is 0 Å². The summed E-state index contributed by atoms with van der Waals surface area (Å²) in [5.41, 5.74) is 2.74. The van der Waals surface area contributed by atoms with Crippen LogP contribution in [0.3, 0.4) is 0 Å². The summed E-state index contributed by atoms with van der Waals surface area (Å²) in [6.45, 7) is 0. The van der Waals surface area contributed by atoms with Gasteiger partial charge in [-0.1, -0.05) is 36.4 Å². The third kappa shape index (κ3) is 4.26. The molecule has 110 valence electrons. The summed E-state index contributed by atoms with van der Waals surface area (Å²) in [6.07, 6.45) is -4.73. The SMILES string of the molecule is O=C(NC(F)(F)F)c1ccc(-c2cccc(CS)c2)cc1. The molecule has 0 unspecified atom stereocenters. The Labute approximate surface area is 125 Å². The predicted molar refractivity (Wildman–Crippen MR) is 78.1 cm³/mol. The Hall–Kier alpha value is -1.95. The van der Waals surface area contributed by atoms with E-state index in [1.807, 2.05) is 24.3 Å². The molecule has 0 aliphatic rings. The Morgan fingerprint density at radius 3 is 2.29 bits per heavy atom.